The standard InChI is InChI=1S/C14H24N2/c1-3-12(4-2)11-14(15)6-5-13-7-9-16-10-8-13/h7-10,12,14H,3-6,11,15H2,1-2H3. The molecule has 0 bridgehead atoms. The minimum Gasteiger partial charge on any atom is -0.328 e. The molecule has 0 aromatic carbocycles. The van der Waals surface area contributed by atoms with Gasteiger partial charge in [0.15, 0.2) is 0 Å². The first-order chi connectivity index (χ1) is 7.76. The van der Waals surface area contributed by atoms with Crippen LogP contribution in [0.25, 0.3) is 0 Å². The number of pyridine rings is 1. The van der Waals surface area contributed by atoms with Crippen LogP contribution in [0.3, 0.4) is 0 Å². The topological polar surface area (TPSA) is 38.9 Å². The third-order valence-electron chi connectivity index (χ3n) is 3.34. The second-order valence-corrected chi connectivity index (χ2v) is 4.57. The molecule has 0 amide bonds. The highest BCUT2D eigenvalue weighted by Crippen LogP contribution is 2.16. The summed E-state index contributed by atoms with van der Waals surface area (Å²) in [5, 5.41) is 0. The number of hydrogen-bond acceptors (Lipinski definition) is 2. The molecule has 0 aliphatic heterocycles. The van der Waals surface area contributed by atoms with Gasteiger partial charge in [0.2, 0.25) is 0 Å². The Labute approximate surface area is 99.3 Å². The third kappa shape index (κ3) is 4.75. The lowest BCUT2D eigenvalue weighted by Gasteiger charge is -2.18. The summed E-state index contributed by atoms with van der Waals surface area (Å²) in [5.74, 6) is 0.799. The molecule has 16 heavy (non-hydrogen) atoms. The Hall–Kier alpha value is -0.890. The number of nitrogens with two attached hydrogens (primary N) is 1. The van der Waals surface area contributed by atoms with E-state index in [1.165, 1.54) is 18.4 Å². The van der Waals surface area contributed by atoms with Crippen LogP contribution in [-0.2, 0) is 6.42 Å². The molecular weight excluding hydrogens is 196 g/mol. The van der Waals surface area contributed by atoms with Crippen LogP contribution >= 0.6 is 0 Å². The van der Waals surface area contributed by atoms with Gasteiger partial charge in [-0.1, -0.05) is 26.7 Å². The number of hydrogen-bond donors (Lipinski definition) is 1. The number of aryl methyl sites for hydroxylation is 1. The summed E-state index contributed by atoms with van der Waals surface area (Å²) in [6.07, 6.45) is 9.52. The van der Waals surface area contributed by atoms with Gasteiger partial charge in [-0.15, -0.1) is 0 Å². The molecule has 0 saturated carbocycles. The Morgan fingerprint density at radius 3 is 2.38 bits per heavy atom. The van der Waals surface area contributed by atoms with Crippen LogP contribution in [0.4, 0.5) is 0 Å². The summed E-state index contributed by atoms with van der Waals surface area (Å²) in [6.45, 7) is 4.51. The fourth-order valence-electron chi connectivity index (χ4n) is 2.07. The van der Waals surface area contributed by atoms with E-state index in [1.807, 2.05) is 12.4 Å². The van der Waals surface area contributed by atoms with Crippen LogP contribution in [0.5, 0.6) is 0 Å². The van der Waals surface area contributed by atoms with Crippen LogP contribution in [0, 0.1) is 5.92 Å². The van der Waals surface area contributed by atoms with Crippen LogP contribution in [0.2, 0.25) is 0 Å². The number of rotatable bonds is 7. The van der Waals surface area contributed by atoms with Crippen LogP contribution in [0.1, 0.15) is 45.1 Å². The zero-order chi connectivity index (χ0) is 11.8. The molecule has 0 aliphatic rings. The molecule has 1 unspecified atom stereocenters. The zero-order valence-electron chi connectivity index (χ0n) is 10.5. The van der Waals surface area contributed by atoms with Crippen molar-refractivity contribution >= 4 is 0 Å². The lowest BCUT2D eigenvalue weighted by molar-refractivity contribution is 0.397. The first-order valence-corrected chi connectivity index (χ1v) is 6.40. The predicted octanol–water partition coefficient (Wildman–Crippen LogP) is 3.17. The normalized spacial score (nSPS) is 13.0. The van der Waals surface area contributed by atoms with E-state index in [-0.39, 0.29) is 0 Å². The summed E-state index contributed by atoms with van der Waals surface area (Å²) in [5.41, 5.74) is 7.50. The molecule has 2 nitrogen and oxygen atoms in total. The van der Waals surface area contributed by atoms with Gasteiger partial charge < -0.3 is 5.73 Å². The summed E-state index contributed by atoms with van der Waals surface area (Å²) in [6, 6.07) is 4.49. The molecule has 1 heterocycles. The molecule has 1 atom stereocenters. The van der Waals surface area contributed by atoms with Gasteiger partial charge in [0, 0.05) is 18.4 Å². The second-order valence-electron chi connectivity index (χ2n) is 4.57. The molecule has 0 saturated heterocycles. The van der Waals surface area contributed by atoms with Gasteiger partial charge in [0.1, 0.15) is 0 Å². The molecule has 0 aliphatic carbocycles. The van der Waals surface area contributed by atoms with E-state index < -0.39 is 0 Å². The minimum atomic E-state index is 0.345. The highest BCUT2D eigenvalue weighted by molar-refractivity contribution is 5.09. The minimum absolute atomic E-state index is 0.345. The summed E-state index contributed by atoms with van der Waals surface area (Å²) >= 11 is 0. The van der Waals surface area contributed by atoms with Crippen molar-refractivity contribution in [2.75, 3.05) is 0 Å². The number of aromatic nitrogens is 1. The molecule has 2 heteroatoms. The van der Waals surface area contributed by atoms with Crippen molar-refractivity contribution in [2.24, 2.45) is 11.7 Å². The second kappa shape index (κ2) is 7.39. The highest BCUT2D eigenvalue weighted by Gasteiger charge is 2.10. The zero-order valence-corrected chi connectivity index (χ0v) is 10.5. The first kappa shape index (κ1) is 13.2. The Balaban J connectivity index is 2.27. The van der Waals surface area contributed by atoms with Crippen molar-refractivity contribution in [1.82, 2.24) is 4.98 Å². The van der Waals surface area contributed by atoms with E-state index in [4.69, 9.17) is 5.73 Å². The van der Waals surface area contributed by atoms with E-state index in [0.717, 1.165) is 25.2 Å². The van der Waals surface area contributed by atoms with Gasteiger partial charge in [0.25, 0.3) is 0 Å². The fourth-order valence-corrected chi connectivity index (χ4v) is 2.07. The maximum Gasteiger partial charge on any atom is 0.0270 e. The van der Waals surface area contributed by atoms with Crippen molar-refractivity contribution in [3.05, 3.63) is 30.1 Å². The monoisotopic (exact) mass is 220 g/mol. The maximum absolute atomic E-state index is 6.16. The summed E-state index contributed by atoms with van der Waals surface area (Å²) < 4.78 is 0. The molecule has 1 aromatic heterocycles. The quantitative estimate of drug-likeness (QED) is 0.766. The van der Waals surface area contributed by atoms with E-state index in [1.54, 1.807) is 0 Å². The van der Waals surface area contributed by atoms with Crippen molar-refractivity contribution in [1.29, 1.82) is 0 Å². The Morgan fingerprint density at radius 1 is 1.19 bits per heavy atom. The maximum atomic E-state index is 6.16. The van der Waals surface area contributed by atoms with Crippen LogP contribution < -0.4 is 5.73 Å². The highest BCUT2D eigenvalue weighted by atomic mass is 14.6. The van der Waals surface area contributed by atoms with Crippen molar-refractivity contribution in [3.63, 3.8) is 0 Å². The van der Waals surface area contributed by atoms with Gasteiger partial charge >= 0.3 is 0 Å². The SMILES string of the molecule is CCC(CC)CC(N)CCc1ccncc1. The molecule has 2 N–H and O–H groups in total. The Kier molecular flexibility index (Phi) is 6.09. The summed E-state index contributed by atoms with van der Waals surface area (Å²) in [7, 11) is 0. The van der Waals surface area contributed by atoms with Gasteiger partial charge in [-0.3, -0.25) is 4.98 Å². The first-order valence-electron chi connectivity index (χ1n) is 6.40. The molecule has 1 rings (SSSR count). The van der Waals surface area contributed by atoms with Gasteiger partial charge in [-0.2, -0.15) is 0 Å². The van der Waals surface area contributed by atoms with E-state index in [0.29, 0.717) is 6.04 Å². The van der Waals surface area contributed by atoms with Crippen LogP contribution in [-0.4, -0.2) is 11.0 Å². The van der Waals surface area contributed by atoms with E-state index in [9.17, 15) is 0 Å². The van der Waals surface area contributed by atoms with Crippen molar-refractivity contribution in [2.45, 2.75) is 52.0 Å². The van der Waals surface area contributed by atoms with Crippen molar-refractivity contribution < 1.29 is 0 Å². The molecule has 0 spiro atoms. The molecular formula is C14H24N2. The summed E-state index contributed by atoms with van der Waals surface area (Å²) in [4.78, 5) is 4.02. The largest absolute Gasteiger partial charge is 0.328 e. The lowest BCUT2D eigenvalue weighted by atomic mass is 9.92. The van der Waals surface area contributed by atoms with Crippen LogP contribution in [0.15, 0.2) is 24.5 Å². The fraction of sp³-hybridized carbons (Fsp3) is 0.643. The molecule has 0 radical (unpaired) electrons. The van der Waals surface area contributed by atoms with Crippen molar-refractivity contribution in [3.8, 4) is 0 Å². The average molecular weight is 220 g/mol. The Morgan fingerprint density at radius 2 is 1.81 bits per heavy atom. The van der Waals surface area contributed by atoms with Gasteiger partial charge in [0.05, 0.1) is 0 Å². The Bertz CT molecular complexity index is 267. The van der Waals surface area contributed by atoms with Gasteiger partial charge in [-0.05, 0) is 42.9 Å². The third-order valence-corrected chi connectivity index (χ3v) is 3.34. The molecule has 90 valence electrons. The van der Waals surface area contributed by atoms with Gasteiger partial charge in [-0.25, -0.2) is 0 Å². The average Bonchev–Trinajstić information content (AvgIpc) is 2.34. The molecule has 1 aromatic rings. The smallest absolute Gasteiger partial charge is 0.0270 e. The lowest BCUT2D eigenvalue weighted by Crippen LogP contribution is -2.24. The molecule has 0 fully saturated rings. The van der Waals surface area contributed by atoms with E-state index in [2.05, 4.69) is 31.0 Å². The predicted molar refractivity (Wildman–Crippen MR) is 69.2 cm³/mol. The van der Waals surface area contributed by atoms with E-state index >= 15 is 0 Å². The number of nitrogens with zero attached hydrogens (tertiary/aromatic N) is 1.